The van der Waals surface area contributed by atoms with Crippen LogP contribution in [0.1, 0.15) is 24.0 Å². The van der Waals surface area contributed by atoms with Gasteiger partial charge in [0, 0.05) is 30.9 Å². The zero-order valence-corrected chi connectivity index (χ0v) is 8.68. The molecule has 0 spiro atoms. The number of nitrogens with two attached hydrogens (primary N) is 1. The highest BCUT2D eigenvalue weighted by atomic mass is 32.1. The van der Waals surface area contributed by atoms with Crippen molar-refractivity contribution in [2.24, 2.45) is 5.73 Å². The Bertz CT molecular complexity index is 248. The van der Waals surface area contributed by atoms with Gasteiger partial charge in [-0.3, -0.25) is 0 Å². The number of rotatable bonds is 5. The third-order valence-corrected chi connectivity index (χ3v) is 2.64. The molecule has 3 nitrogen and oxygen atoms in total. The smallest absolute Gasteiger partial charge is 0.0929 e. The normalized spacial score (nSPS) is 13.2. The maximum absolute atomic E-state index is 8.64. The van der Waals surface area contributed by atoms with E-state index < -0.39 is 0 Å². The number of aromatic nitrogens is 1. The zero-order valence-electron chi connectivity index (χ0n) is 7.86. The summed E-state index contributed by atoms with van der Waals surface area (Å²) in [5, 5.41) is 11.8. The molecule has 0 aliphatic carbocycles. The third kappa shape index (κ3) is 3.85. The fourth-order valence-electron chi connectivity index (χ4n) is 1.12. The summed E-state index contributed by atoms with van der Waals surface area (Å²) in [4.78, 5) is 4.42. The van der Waals surface area contributed by atoms with Crippen LogP contribution in [0.25, 0.3) is 0 Å². The summed E-state index contributed by atoms with van der Waals surface area (Å²) < 4.78 is 0. The summed E-state index contributed by atoms with van der Waals surface area (Å²) in [5.41, 5.74) is 6.74. The monoisotopic (exact) mass is 200 g/mol. The predicted octanol–water partition coefficient (Wildman–Crippen LogP) is 0.958. The lowest BCUT2D eigenvalue weighted by Crippen LogP contribution is -2.17. The first-order valence-corrected chi connectivity index (χ1v) is 5.40. The molecule has 0 saturated heterocycles. The van der Waals surface area contributed by atoms with E-state index in [0.717, 1.165) is 30.0 Å². The molecule has 1 aromatic rings. The molecule has 74 valence electrons. The van der Waals surface area contributed by atoms with E-state index in [1.807, 2.05) is 6.92 Å². The van der Waals surface area contributed by atoms with Gasteiger partial charge in [0.25, 0.3) is 0 Å². The molecule has 3 N–H and O–H groups in total. The Morgan fingerprint density at radius 1 is 1.69 bits per heavy atom. The van der Waals surface area contributed by atoms with Crippen molar-refractivity contribution in [1.29, 1.82) is 0 Å². The molecule has 0 bridgehead atoms. The Balaban J connectivity index is 2.44. The minimum atomic E-state index is 0.174. The Hall–Kier alpha value is -0.450. The van der Waals surface area contributed by atoms with Crippen molar-refractivity contribution in [2.45, 2.75) is 32.2 Å². The molecule has 4 heteroatoms. The molecule has 1 aromatic heterocycles. The van der Waals surface area contributed by atoms with E-state index in [2.05, 4.69) is 10.4 Å². The maximum atomic E-state index is 8.64. The minimum absolute atomic E-state index is 0.174. The Morgan fingerprint density at radius 3 is 3.08 bits per heavy atom. The summed E-state index contributed by atoms with van der Waals surface area (Å²) in [7, 11) is 0. The van der Waals surface area contributed by atoms with Gasteiger partial charge < -0.3 is 10.8 Å². The maximum Gasteiger partial charge on any atom is 0.0929 e. The summed E-state index contributed by atoms with van der Waals surface area (Å²) in [6.45, 7) is 2.22. The van der Waals surface area contributed by atoms with Crippen LogP contribution in [0, 0.1) is 0 Å². The topological polar surface area (TPSA) is 59.1 Å². The van der Waals surface area contributed by atoms with Gasteiger partial charge in [-0.05, 0) is 13.3 Å². The van der Waals surface area contributed by atoms with E-state index in [9.17, 15) is 0 Å². The Labute approximate surface area is 82.6 Å². The van der Waals surface area contributed by atoms with E-state index >= 15 is 0 Å². The molecular weight excluding hydrogens is 184 g/mol. The lowest BCUT2D eigenvalue weighted by molar-refractivity contribution is 0.288. The highest BCUT2D eigenvalue weighted by Crippen LogP contribution is 2.12. The predicted molar refractivity (Wildman–Crippen MR) is 54.9 cm³/mol. The van der Waals surface area contributed by atoms with Gasteiger partial charge in [-0.2, -0.15) is 0 Å². The molecule has 0 saturated carbocycles. The highest BCUT2D eigenvalue weighted by molar-refractivity contribution is 7.09. The number of aliphatic hydroxyl groups excluding tert-OH is 1. The van der Waals surface area contributed by atoms with Crippen LogP contribution in [-0.2, 0) is 12.8 Å². The van der Waals surface area contributed by atoms with Crippen LogP contribution in [0.2, 0.25) is 0 Å². The van der Waals surface area contributed by atoms with E-state index in [0.29, 0.717) is 0 Å². The first-order chi connectivity index (χ1) is 6.22. The molecule has 1 rings (SSSR count). The SMILES string of the molecule is CC(N)Cc1csc(CCCO)n1. The number of hydrogen-bond donors (Lipinski definition) is 2. The van der Waals surface area contributed by atoms with Gasteiger partial charge in [0.2, 0.25) is 0 Å². The van der Waals surface area contributed by atoms with E-state index in [1.165, 1.54) is 0 Å². The standard InChI is InChI=1S/C9H16N2OS/c1-7(10)5-8-6-13-9(11-8)3-2-4-12/h6-7,12H,2-5,10H2,1H3. The van der Waals surface area contributed by atoms with E-state index in [-0.39, 0.29) is 12.6 Å². The fraction of sp³-hybridized carbons (Fsp3) is 0.667. The molecule has 0 aliphatic heterocycles. The van der Waals surface area contributed by atoms with Crippen molar-refractivity contribution >= 4 is 11.3 Å². The van der Waals surface area contributed by atoms with E-state index in [1.54, 1.807) is 11.3 Å². The lowest BCUT2D eigenvalue weighted by atomic mass is 10.2. The molecule has 0 fully saturated rings. The second-order valence-electron chi connectivity index (χ2n) is 3.24. The summed E-state index contributed by atoms with van der Waals surface area (Å²) >= 11 is 1.65. The van der Waals surface area contributed by atoms with Gasteiger partial charge in [0.05, 0.1) is 10.7 Å². The van der Waals surface area contributed by atoms with Gasteiger partial charge >= 0.3 is 0 Å². The fourth-order valence-corrected chi connectivity index (χ4v) is 1.97. The van der Waals surface area contributed by atoms with Crippen molar-refractivity contribution in [3.05, 3.63) is 16.1 Å². The molecule has 1 heterocycles. The van der Waals surface area contributed by atoms with Gasteiger partial charge in [0.15, 0.2) is 0 Å². The molecule has 0 amide bonds. The van der Waals surface area contributed by atoms with Gasteiger partial charge in [-0.25, -0.2) is 4.98 Å². The number of aliphatic hydroxyl groups is 1. The average Bonchev–Trinajstić information content (AvgIpc) is 2.48. The molecule has 0 aromatic carbocycles. The van der Waals surface area contributed by atoms with Crippen LogP contribution in [0.3, 0.4) is 0 Å². The van der Waals surface area contributed by atoms with Crippen LogP contribution in [0.5, 0.6) is 0 Å². The number of aryl methyl sites for hydroxylation is 1. The zero-order chi connectivity index (χ0) is 9.68. The van der Waals surface area contributed by atoms with Gasteiger partial charge in [-0.1, -0.05) is 0 Å². The van der Waals surface area contributed by atoms with Crippen LogP contribution < -0.4 is 5.73 Å². The van der Waals surface area contributed by atoms with Gasteiger partial charge in [0.1, 0.15) is 0 Å². The number of nitrogens with zero attached hydrogens (tertiary/aromatic N) is 1. The molecule has 0 aliphatic rings. The van der Waals surface area contributed by atoms with Crippen molar-refractivity contribution < 1.29 is 5.11 Å². The minimum Gasteiger partial charge on any atom is -0.396 e. The van der Waals surface area contributed by atoms with Crippen LogP contribution in [-0.4, -0.2) is 22.7 Å². The van der Waals surface area contributed by atoms with Crippen LogP contribution >= 0.6 is 11.3 Å². The van der Waals surface area contributed by atoms with Gasteiger partial charge in [-0.15, -0.1) is 11.3 Å². The van der Waals surface area contributed by atoms with Crippen LogP contribution in [0.15, 0.2) is 5.38 Å². The Kier molecular flexibility index (Phi) is 4.35. The molecule has 1 atom stereocenters. The first-order valence-electron chi connectivity index (χ1n) is 4.52. The first kappa shape index (κ1) is 10.6. The van der Waals surface area contributed by atoms with Crippen molar-refractivity contribution in [1.82, 2.24) is 4.98 Å². The average molecular weight is 200 g/mol. The number of hydrogen-bond acceptors (Lipinski definition) is 4. The van der Waals surface area contributed by atoms with Crippen LogP contribution in [0.4, 0.5) is 0 Å². The molecule has 0 radical (unpaired) electrons. The Morgan fingerprint density at radius 2 is 2.46 bits per heavy atom. The largest absolute Gasteiger partial charge is 0.396 e. The number of thiazole rings is 1. The second-order valence-corrected chi connectivity index (χ2v) is 4.18. The summed E-state index contributed by atoms with van der Waals surface area (Å²) in [6, 6.07) is 0.174. The second kappa shape index (κ2) is 5.32. The lowest BCUT2D eigenvalue weighted by Gasteiger charge is -1.99. The van der Waals surface area contributed by atoms with E-state index in [4.69, 9.17) is 10.8 Å². The van der Waals surface area contributed by atoms with Crippen molar-refractivity contribution in [3.8, 4) is 0 Å². The molecule has 13 heavy (non-hydrogen) atoms. The quantitative estimate of drug-likeness (QED) is 0.744. The third-order valence-electron chi connectivity index (χ3n) is 1.68. The summed E-state index contributed by atoms with van der Waals surface area (Å²) in [6.07, 6.45) is 2.51. The van der Waals surface area contributed by atoms with Crippen molar-refractivity contribution in [2.75, 3.05) is 6.61 Å². The molecular formula is C9H16N2OS. The molecule has 1 unspecified atom stereocenters. The highest BCUT2D eigenvalue weighted by Gasteiger charge is 2.03. The summed E-state index contributed by atoms with van der Waals surface area (Å²) in [5.74, 6) is 0. The van der Waals surface area contributed by atoms with Crippen molar-refractivity contribution in [3.63, 3.8) is 0 Å².